The molecule has 0 unspecified atom stereocenters. The molecule has 0 bridgehead atoms. The normalized spacial score (nSPS) is 13.0. The largest absolute Gasteiger partial charge is 0.468 e. The number of ether oxygens (including phenoxy) is 2. The van der Waals surface area contributed by atoms with E-state index in [1.807, 2.05) is 85.6 Å². The fourth-order valence-electron chi connectivity index (χ4n) is 3.76. The number of para-hydroxylation sites is 1. The molecular weight excluding hydrogens is 665 g/mol. The minimum absolute atomic E-state index is 0.170. The van der Waals surface area contributed by atoms with Crippen LogP contribution in [0.15, 0.2) is 115 Å². The average molecular weight is 694 g/mol. The van der Waals surface area contributed by atoms with Crippen LogP contribution in [0.3, 0.4) is 0 Å². The van der Waals surface area contributed by atoms with Crippen LogP contribution in [0, 0.1) is 20.5 Å². The molecule has 0 N–H and O–H groups in total. The Balaban J connectivity index is 0.000000670. The van der Waals surface area contributed by atoms with Gasteiger partial charge in [-0.15, -0.1) is 20.5 Å². The van der Waals surface area contributed by atoms with E-state index >= 15 is 0 Å². The molecule has 0 amide bonds. The Bertz CT molecular complexity index is 1600. The molecule has 0 spiro atoms. The number of rotatable bonds is 8. The Kier molecular flexibility index (Phi) is 15.3. The minimum atomic E-state index is -4.94. The van der Waals surface area contributed by atoms with Gasteiger partial charge in [0.25, 0.3) is 0 Å². The molecule has 15 nitrogen and oxygen atoms in total. The molecule has 1 aliphatic rings. The lowest BCUT2D eigenvalue weighted by atomic mass is 10.1. The van der Waals surface area contributed by atoms with Gasteiger partial charge in [-0.25, -0.2) is 42.1 Å². The van der Waals surface area contributed by atoms with E-state index in [1.54, 1.807) is 9.47 Å². The van der Waals surface area contributed by atoms with Crippen LogP contribution in [0.4, 0.5) is 0 Å². The number of allylic oxidation sites excluding steroid dienone is 7. The van der Waals surface area contributed by atoms with Crippen LogP contribution < -0.4 is 46.4 Å². The molecule has 250 valence electrons. The van der Waals surface area contributed by atoms with Crippen LogP contribution >= 0.6 is 0 Å². The Labute approximate surface area is 273 Å². The van der Waals surface area contributed by atoms with Crippen LogP contribution in [0.25, 0.3) is 22.7 Å². The van der Waals surface area contributed by atoms with E-state index < -0.39 is 20.5 Å². The summed E-state index contributed by atoms with van der Waals surface area (Å²) in [7, 11) is -7.13. The van der Waals surface area contributed by atoms with Crippen molar-refractivity contribution in [3.05, 3.63) is 121 Å². The number of pyridine rings is 2. The van der Waals surface area contributed by atoms with Gasteiger partial charge in [-0.05, 0) is 47.6 Å². The van der Waals surface area contributed by atoms with Crippen LogP contribution in [0.1, 0.15) is 5.56 Å². The summed E-state index contributed by atoms with van der Waals surface area (Å²) in [6.45, 7) is 0.340. The Morgan fingerprint density at radius 3 is 1.91 bits per heavy atom. The summed E-state index contributed by atoms with van der Waals surface area (Å²) in [5, 5.41) is 1.14. The summed E-state index contributed by atoms with van der Waals surface area (Å²) in [5.41, 5.74) is 4.05. The SMILES string of the molecule is COC(=O)CN1C=CC(=C/C=C(/C=C/c2cc[n+](CC(=O)OC)cc2)[n+]2cccc3ccccc32)C=C1.[O-][Cl+3]([O-])([O-])[O-].[O-][Cl+3]([O-])([O-])[O-]. The van der Waals surface area contributed by atoms with E-state index in [1.165, 1.54) is 14.2 Å². The number of carbonyl (C=O) groups is 2. The maximum atomic E-state index is 11.5. The van der Waals surface area contributed by atoms with E-state index in [-0.39, 0.29) is 25.0 Å². The zero-order chi connectivity index (χ0) is 35.0. The molecule has 0 saturated carbocycles. The predicted molar refractivity (Wildman–Crippen MR) is 141 cm³/mol. The number of benzene rings is 1. The van der Waals surface area contributed by atoms with Crippen molar-refractivity contribution in [2.75, 3.05) is 20.8 Å². The summed E-state index contributed by atoms with van der Waals surface area (Å²) in [4.78, 5) is 24.8. The Morgan fingerprint density at radius 2 is 1.34 bits per heavy atom. The first kappa shape index (κ1) is 38.7. The first-order chi connectivity index (χ1) is 22.1. The van der Waals surface area contributed by atoms with Gasteiger partial charge in [0.1, 0.15) is 6.54 Å². The molecule has 0 saturated heterocycles. The van der Waals surface area contributed by atoms with Crippen molar-refractivity contribution in [2.24, 2.45) is 0 Å². The standard InChI is InChI=1S/C30H29N3O4.2ClHO4/c1-36-29(34)22-31-18-13-24(14-19-31)9-11-27(33-17-5-7-26-6-3-4-8-28(26)33)12-10-25-15-20-32(21-16-25)23-30(35)37-2;2*2-1(3,4)5/h3-21H,22-23H2,1-2H3;2*(H,2,3,4,5)/q+2;;/p-2. The highest BCUT2D eigenvalue weighted by Gasteiger charge is 2.13. The molecule has 0 fully saturated rings. The first-order valence-electron chi connectivity index (χ1n) is 13.0. The van der Waals surface area contributed by atoms with Gasteiger partial charge in [-0.1, -0.05) is 12.1 Å². The van der Waals surface area contributed by atoms with Crippen molar-refractivity contribution in [1.82, 2.24) is 4.90 Å². The van der Waals surface area contributed by atoms with Gasteiger partial charge in [0.05, 0.1) is 14.2 Å². The second kappa shape index (κ2) is 18.6. The Hall–Kier alpha value is -4.52. The van der Waals surface area contributed by atoms with Crippen molar-refractivity contribution in [1.29, 1.82) is 0 Å². The molecule has 0 radical (unpaired) electrons. The highest BCUT2D eigenvalue weighted by atomic mass is 35.7. The van der Waals surface area contributed by atoms with Crippen LogP contribution in [-0.4, -0.2) is 37.6 Å². The fraction of sp³-hybridized carbons (Fsp3) is 0.133. The highest BCUT2D eigenvalue weighted by molar-refractivity contribution is 5.77. The van der Waals surface area contributed by atoms with Gasteiger partial charge in [-0.3, -0.25) is 4.79 Å². The molecule has 1 aliphatic heterocycles. The highest BCUT2D eigenvalue weighted by Crippen LogP contribution is 2.14. The third kappa shape index (κ3) is 16.6. The molecule has 0 aliphatic carbocycles. The van der Waals surface area contributed by atoms with Crippen molar-refractivity contribution < 1.29 is 86.0 Å². The number of hydrogen-bond donors (Lipinski definition) is 0. The van der Waals surface area contributed by atoms with Crippen molar-refractivity contribution in [3.63, 3.8) is 0 Å². The van der Waals surface area contributed by atoms with Crippen molar-refractivity contribution in [3.8, 4) is 0 Å². The number of methoxy groups -OCH3 is 2. The number of carbonyl (C=O) groups excluding carboxylic acids is 2. The van der Waals surface area contributed by atoms with E-state index in [0.29, 0.717) is 0 Å². The zero-order valence-electron chi connectivity index (χ0n) is 24.9. The van der Waals surface area contributed by atoms with Gasteiger partial charge >= 0.3 is 11.9 Å². The van der Waals surface area contributed by atoms with E-state index in [0.717, 1.165) is 27.7 Å². The summed E-state index contributed by atoms with van der Waals surface area (Å²) in [6, 6.07) is 16.2. The monoisotopic (exact) mass is 693 g/mol. The summed E-state index contributed by atoms with van der Waals surface area (Å²) < 4.78 is 81.3. The first-order valence-corrected chi connectivity index (χ1v) is 15.5. The van der Waals surface area contributed by atoms with Crippen molar-refractivity contribution in [2.45, 2.75) is 6.54 Å². The quantitative estimate of drug-likeness (QED) is 0.121. The third-order valence-electron chi connectivity index (χ3n) is 5.79. The average Bonchev–Trinajstić information content (AvgIpc) is 3.00. The minimum Gasteiger partial charge on any atom is -0.468 e. The van der Waals surface area contributed by atoms with Gasteiger partial charge in [-0.2, -0.15) is 9.13 Å². The number of esters is 2. The maximum absolute atomic E-state index is 11.5. The van der Waals surface area contributed by atoms with Crippen LogP contribution in [-0.2, 0) is 25.6 Å². The fourth-order valence-corrected chi connectivity index (χ4v) is 3.76. The molecule has 2 aromatic heterocycles. The van der Waals surface area contributed by atoms with E-state index in [4.69, 9.17) is 46.7 Å². The molecule has 47 heavy (non-hydrogen) atoms. The third-order valence-corrected chi connectivity index (χ3v) is 5.79. The molecule has 3 aromatic rings. The maximum Gasteiger partial charge on any atom is 0.372 e. The van der Waals surface area contributed by atoms with Crippen molar-refractivity contribution >= 4 is 34.6 Å². The smallest absolute Gasteiger partial charge is 0.372 e. The lowest BCUT2D eigenvalue weighted by Crippen LogP contribution is -2.68. The van der Waals surface area contributed by atoms with Crippen LogP contribution in [0.2, 0.25) is 0 Å². The number of hydrogen-bond acceptors (Lipinski definition) is 13. The topological polar surface area (TPSA) is 248 Å². The van der Waals surface area contributed by atoms with Gasteiger partial charge < -0.3 is 14.4 Å². The van der Waals surface area contributed by atoms with Gasteiger partial charge in [0, 0.05) is 54.2 Å². The molecule has 4 rings (SSSR count). The van der Waals surface area contributed by atoms with Gasteiger partial charge in [0.15, 0.2) is 18.6 Å². The second-order valence-corrected chi connectivity index (χ2v) is 10.6. The molecule has 1 aromatic carbocycles. The molecule has 17 heteroatoms. The van der Waals surface area contributed by atoms with Crippen LogP contribution in [0.5, 0.6) is 0 Å². The second-order valence-electron chi connectivity index (χ2n) is 9.04. The van der Waals surface area contributed by atoms with Gasteiger partial charge in [0.2, 0.25) is 17.8 Å². The number of nitrogens with zero attached hydrogens (tertiary/aromatic N) is 3. The predicted octanol–water partition coefficient (Wildman–Crippen LogP) is -5.93. The van der Waals surface area contributed by atoms with E-state index in [2.05, 4.69) is 34.9 Å². The zero-order valence-corrected chi connectivity index (χ0v) is 26.4. The number of aromatic nitrogens is 2. The molecule has 0 atom stereocenters. The van der Waals surface area contributed by atoms with E-state index in [9.17, 15) is 9.59 Å². The summed E-state index contributed by atoms with van der Waals surface area (Å²) in [5.74, 6) is -0.587. The lowest BCUT2D eigenvalue weighted by molar-refractivity contribution is -2.00. The number of fused-ring (bicyclic) bond motifs is 1. The lowest BCUT2D eigenvalue weighted by Gasteiger charge is -2.17. The summed E-state index contributed by atoms with van der Waals surface area (Å²) >= 11 is 0. The molecular formula is C30H29Cl2N3O12. The summed E-state index contributed by atoms with van der Waals surface area (Å²) in [6.07, 6.45) is 21.5. The number of halogens is 2. The Morgan fingerprint density at radius 1 is 0.787 bits per heavy atom. The molecule has 3 heterocycles.